The molecule has 0 radical (unpaired) electrons. The second kappa shape index (κ2) is 13.5. The SMILES string of the molecule is BrB(NNB(Br)c1c(-c2ccccc2)cccc1-c1ccccc1)c1c(-c2ccccc2)cccc1-c1ccccc1. The summed E-state index contributed by atoms with van der Waals surface area (Å²) >= 11 is 8.03. The number of halogens is 2. The third kappa shape index (κ3) is 6.23. The highest BCUT2D eigenvalue weighted by atomic mass is 79.9. The molecule has 0 bridgehead atoms. The molecule has 0 atom stereocenters. The molecule has 6 rings (SSSR count). The standard InChI is InChI=1S/C36H28B2Br2N2/c39-37(35-31(27-15-5-1-6-16-27)23-13-24-32(35)28-17-7-2-8-18-28)41-42-38(40)36-33(29-19-9-3-10-20-29)25-14-26-34(36)30-21-11-4-12-22-30/h1-26,41-42H. The molecule has 0 amide bonds. The van der Waals surface area contributed by atoms with E-state index >= 15 is 0 Å². The van der Waals surface area contributed by atoms with Crippen molar-refractivity contribution in [2.24, 2.45) is 0 Å². The molecule has 0 fully saturated rings. The second-order valence-corrected chi connectivity index (χ2v) is 11.8. The molecule has 6 aromatic carbocycles. The highest BCUT2D eigenvalue weighted by Crippen LogP contribution is 2.27. The van der Waals surface area contributed by atoms with Crippen LogP contribution in [-0.2, 0) is 0 Å². The normalized spacial score (nSPS) is 10.8. The molecule has 202 valence electrons. The van der Waals surface area contributed by atoms with Crippen LogP contribution in [-0.4, -0.2) is 11.3 Å². The lowest BCUT2D eigenvalue weighted by molar-refractivity contribution is 0.940. The zero-order chi connectivity index (χ0) is 28.7. The van der Waals surface area contributed by atoms with E-state index in [-0.39, 0.29) is 11.3 Å². The van der Waals surface area contributed by atoms with Gasteiger partial charge in [0.15, 0.2) is 0 Å². The number of benzene rings is 6. The average molecular weight is 670 g/mol. The van der Waals surface area contributed by atoms with Crippen molar-refractivity contribution in [2.75, 3.05) is 0 Å². The number of hydrazine groups is 1. The first-order valence-electron chi connectivity index (χ1n) is 14.0. The summed E-state index contributed by atoms with van der Waals surface area (Å²) in [6.45, 7) is 0. The van der Waals surface area contributed by atoms with Gasteiger partial charge < -0.3 is 0 Å². The molecule has 0 aliphatic heterocycles. The van der Waals surface area contributed by atoms with Crippen molar-refractivity contribution in [1.82, 2.24) is 10.7 Å². The minimum Gasteiger partial charge on any atom is -0.290 e. The van der Waals surface area contributed by atoms with E-state index in [4.69, 9.17) is 0 Å². The van der Waals surface area contributed by atoms with Crippen LogP contribution in [0.4, 0.5) is 0 Å². The van der Waals surface area contributed by atoms with Gasteiger partial charge in [-0.05, 0) is 55.4 Å². The number of nitrogens with one attached hydrogen (secondary N) is 2. The Kier molecular flexibility index (Phi) is 9.17. The van der Waals surface area contributed by atoms with Crippen LogP contribution in [0.2, 0.25) is 0 Å². The van der Waals surface area contributed by atoms with E-state index in [1.165, 1.54) is 55.4 Å². The van der Waals surface area contributed by atoms with E-state index in [1.54, 1.807) is 0 Å². The van der Waals surface area contributed by atoms with Gasteiger partial charge >= 0.3 is 11.3 Å². The van der Waals surface area contributed by atoms with Gasteiger partial charge in [-0.25, -0.2) is 0 Å². The van der Waals surface area contributed by atoms with Crippen molar-refractivity contribution in [3.63, 3.8) is 0 Å². The lowest BCUT2D eigenvalue weighted by Gasteiger charge is -2.23. The van der Waals surface area contributed by atoms with Crippen molar-refractivity contribution < 1.29 is 0 Å². The lowest BCUT2D eigenvalue weighted by Crippen LogP contribution is -2.56. The topological polar surface area (TPSA) is 24.1 Å². The maximum absolute atomic E-state index is 4.02. The first kappa shape index (κ1) is 28.4. The zero-order valence-electron chi connectivity index (χ0n) is 22.9. The lowest BCUT2D eigenvalue weighted by atomic mass is 9.71. The molecule has 0 aliphatic carbocycles. The summed E-state index contributed by atoms with van der Waals surface area (Å²) in [4.78, 5) is 0. The predicted molar refractivity (Wildman–Crippen MR) is 190 cm³/mol. The molecule has 2 N–H and O–H groups in total. The van der Waals surface area contributed by atoms with E-state index in [0.29, 0.717) is 0 Å². The van der Waals surface area contributed by atoms with Gasteiger partial charge in [-0.1, -0.05) is 158 Å². The van der Waals surface area contributed by atoms with Gasteiger partial charge in [0, 0.05) is 0 Å². The van der Waals surface area contributed by atoms with Gasteiger partial charge in [0.05, 0.1) is 0 Å². The third-order valence-corrected chi connectivity index (χ3v) is 8.77. The zero-order valence-corrected chi connectivity index (χ0v) is 26.1. The van der Waals surface area contributed by atoms with Crippen molar-refractivity contribution >= 4 is 53.8 Å². The van der Waals surface area contributed by atoms with Crippen LogP contribution in [0.5, 0.6) is 0 Å². The Bertz CT molecular complexity index is 1500. The molecular formula is C36H28B2Br2N2. The largest absolute Gasteiger partial charge is 0.347 e. The molecule has 42 heavy (non-hydrogen) atoms. The first-order valence-corrected chi connectivity index (χ1v) is 15.8. The Morgan fingerprint density at radius 1 is 0.310 bits per heavy atom. The van der Waals surface area contributed by atoms with Crippen LogP contribution in [0.1, 0.15) is 0 Å². The average Bonchev–Trinajstić information content (AvgIpc) is 3.08. The van der Waals surface area contributed by atoms with E-state index in [0.717, 1.165) is 0 Å². The quantitative estimate of drug-likeness (QED) is 0.120. The Morgan fingerprint density at radius 2 is 0.548 bits per heavy atom. The van der Waals surface area contributed by atoms with Crippen molar-refractivity contribution in [3.05, 3.63) is 158 Å². The molecule has 0 aliphatic rings. The molecule has 0 unspecified atom stereocenters. The number of rotatable bonds is 9. The molecule has 0 saturated carbocycles. The molecule has 0 saturated heterocycles. The van der Waals surface area contributed by atoms with E-state index < -0.39 is 0 Å². The first-order chi connectivity index (χ1) is 20.7. The molecule has 0 aromatic heterocycles. The Hall–Kier alpha value is -3.67. The minimum atomic E-state index is -0.187. The van der Waals surface area contributed by atoms with Crippen molar-refractivity contribution in [1.29, 1.82) is 0 Å². The van der Waals surface area contributed by atoms with Gasteiger partial charge in [0.2, 0.25) is 0 Å². The van der Waals surface area contributed by atoms with Crippen LogP contribution in [0.15, 0.2) is 158 Å². The molecule has 0 spiro atoms. The highest BCUT2D eigenvalue weighted by molar-refractivity contribution is 9.25. The summed E-state index contributed by atoms with van der Waals surface area (Å²) in [7, 11) is 0. The van der Waals surface area contributed by atoms with E-state index in [1.807, 2.05) is 0 Å². The molecular weight excluding hydrogens is 642 g/mol. The molecule has 0 heterocycles. The fraction of sp³-hybridized carbons (Fsp3) is 0. The van der Waals surface area contributed by atoms with Crippen LogP contribution in [0.25, 0.3) is 44.5 Å². The fourth-order valence-electron chi connectivity index (χ4n) is 5.44. The third-order valence-electron chi connectivity index (χ3n) is 7.40. The van der Waals surface area contributed by atoms with Crippen LogP contribution < -0.4 is 21.6 Å². The van der Waals surface area contributed by atoms with Gasteiger partial charge in [-0.2, -0.15) is 0 Å². The fourth-order valence-corrected chi connectivity index (χ4v) is 6.70. The maximum atomic E-state index is 4.02. The number of hydrogen-bond donors (Lipinski definition) is 2. The highest BCUT2D eigenvalue weighted by Gasteiger charge is 2.27. The molecule has 6 heteroatoms. The summed E-state index contributed by atoms with van der Waals surface area (Å²) in [6, 6.07) is 55.3. The Morgan fingerprint density at radius 3 is 0.786 bits per heavy atom. The van der Waals surface area contributed by atoms with Gasteiger partial charge in [-0.3, -0.25) is 10.7 Å². The summed E-state index contributed by atoms with van der Waals surface area (Å²) in [5, 5.41) is 7.19. The molecule has 6 aromatic rings. The second-order valence-electron chi connectivity index (χ2n) is 10.0. The van der Waals surface area contributed by atoms with Crippen molar-refractivity contribution in [3.8, 4) is 44.5 Å². The smallest absolute Gasteiger partial charge is 0.290 e. The van der Waals surface area contributed by atoms with Crippen LogP contribution in [0.3, 0.4) is 0 Å². The summed E-state index contributed by atoms with van der Waals surface area (Å²) in [5.41, 5.74) is 11.4. The number of hydrogen-bond acceptors (Lipinski definition) is 2. The van der Waals surface area contributed by atoms with E-state index in [9.17, 15) is 0 Å². The van der Waals surface area contributed by atoms with E-state index in [2.05, 4.69) is 200 Å². The summed E-state index contributed by atoms with van der Waals surface area (Å²) in [6.07, 6.45) is 0. The summed E-state index contributed by atoms with van der Waals surface area (Å²) < 4.78 is 0. The predicted octanol–water partition coefficient (Wildman–Crippen LogP) is 8.33. The van der Waals surface area contributed by atoms with Gasteiger partial charge in [0.25, 0.3) is 0 Å². The van der Waals surface area contributed by atoms with Gasteiger partial charge in [0.1, 0.15) is 0 Å². The monoisotopic (exact) mass is 668 g/mol. The summed E-state index contributed by atoms with van der Waals surface area (Å²) in [5.74, 6) is 0. The molecule has 2 nitrogen and oxygen atoms in total. The Balaban J connectivity index is 1.38. The van der Waals surface area contributed by atoms with Crippen LogP contribution >= 0.6 is 31.5 Å². The maximum Gasteiger partial charge on any atom is 0.347 e. The van der Waals surface area contributed by atoms with Gasteiger partial charge in [-0.15, -0.1) is 31.5 Å². The van der Waals surface area contributed by atoms with Crippen LogP contribution in [0, 0.1) is 0 Å². The van der Waals surface area contributed by atoms with Crippen molar-refractivity contribution in [2.45, 2.75) is 0 Å². The Labute approximate surface area is 265 Å². The minimum absolute atomic E-state index is 0.187.